The van der Waals surface area contributed by atoms with Gasteiger partial charge in [0.15, 0.2) is 0 Å². The highest BCUT2D eigenvalue weighted by molar-refractivity contribution is 5.97. The van der Waals surface area contributed by atoms with Crippen molar-refractivity contribution < 1.29 is 42.1 Å². The molecule has 2 aliphatic rings. The summed E-state index contributed by atoms with van der Waals surface area (Å²) in [7, 11) is 0. The summed E-state index contributed by atoms with van der Waals surface area (Å²) in [6.45, 7) is 3.74. The molecule has 4 rings (SSSR count). The van der Waals surface area contributed by atoms with Crippen molar-refractivity contribution in [3.05, 3.63) is 47.9 Å². The lowest BCUT2D eigenvalue weighted by Crippen LogP contribution is -2.46. The Bertz CT molecular complexity index is 1210. The quantitative estimate of drug-likeness (QED) is 0.461. The normalized spacial score (nSPS) is 21.0. The van der Waals surface area contributed by atoms with Crippen molar-refractivity contribution in [1.29, 1.82) is 0 Å². The summed E-state index contributed by atoms with van der Waals surface area (Å²) < 4.78 is 60.2. The second kappa shape index (κ2) is 11.7. The van der Waals surface area contributed by atoms with Crippen molar-refractivity contribution in [3.63, 3.8) is 0 Å². The van der Waals surface area contributed by atoms with Gasteiger partial charge < -0.3 is 24.7 Å². The lowest BCUT2D eigenvalue weighted by Gasteiger charge is -2.38. The topological polar surface area (TPSA) is 103 Å². The molecule has 2 aromatic rings. The monoisotopic (exact) mass is 567 g/mol. The highest BCUT2D eigenvalue weighted by Gasteiger charge is 2.48. The first kappa shape index (κ1) is 29.7. The number of aromatic nitrogens is 1. The molecule has 12 heteroatoms. The van der Waals surface area contributed by atoms with Crippen LogP contribution in [0.5, 0.6) is 5.88 Å². The minimum absolute atomic E-state index is 0.0347. The fourth-order valence-electron chi connectivity index (χ4n) is 5.09. The summed E-state index contributed by atoms with van der Waals surface area (Å²) >= 11 is 0. The van der Waals surface area contributed by atoms with Gasteiger partial charge in [-0.1, -0.05) is 6.07 Å². The Morgan fingerprint density at radius 3 is 2.35 bits per heavy atom. The number of carbonyl (C=O) groups is 2. The van der Waals surface area contributed by atoms with Crippen molar-refractivity contribution >= 4 is 11.9 Å². The molecule has 0 saturated carbocycles. The number of hydrogen-bond donors (Lipinski definition) is 2. The first-order valence-corrected chi connectivity index (χ1v) is 13.1. The molecule has 0 radical (unpaired) electrons. The van der Waals surface area contributed by atoms with E-state index < -0.39 is 41.4 Å². The number of nitrogens with zero attached hydrogens (tertiary/aromatic N) is 3. The molecule has 2 aliphatic heterocycles. The molecule has 2 N–H and O–H groups in total. The number of piperidine rings is 1. The Kier molecular flexibility index (Phi) is 8.69. The van der Waals surface area contributed by atoms with E-state index in [9.17, 15) is 37.4 Å². The van der Waals surface area contributed by atoms with Gasteiger partial charge in [0.2, 0.25) is 5.88 Å². The Labute approximate surface area is 229 Å². The third-order valence-electron chi connectivity index (χ3n) is 7.65. The van der Waals surface area contributed by atoms with Crippen molar-refractivity contribution in [1.82, 2.24) is 14.8 Å². The number of amides is 1. The second-order valence-electron chi connectivity index (χ2n) is 11.2. The average Bonchev–Trinajstić information content (AvgIpc) is 3.29. The van der Waals surface area contributed by atoms with Gasteiger partial charge in [0.25, 0.3) is 5.91 Å². The molecular formula is C28H33F4N3O5. The van der Waals surface area contributed by atoms with Crippen LogP contribution in [0, 0.1) is 17.2 Å². The zero-order valence-corrected chi connectivity index (χ0v) is 22.3. The lowest BCUT2D eigenvalue weighted by atomic mass is 9.89. The number of rotatable bonds is 8. The molecule has 218 valence electrons. The van der Waals surface area contributed by atoms with Crippen LogP contribution in [-0.2, 0) is 4.79 Å². The number of likely N-dealkylation sites (tertiary alicyclic amines) is 2. The van der Waals surface area contributed by atoms with Crippen molar-refractivity contribution in [2.75, 3.05) is 32.8 Å². The molecule has 0 spiro atoms. The number of carboxylic acids is 1. The van der Waals surface area contributed by atoms with Crippen LogP contribution in [-0.4, -0.2) is 88.0 Å². The van der Waals surface area contributed by atoms with Gasteiger partial charge in [-0.05, 0) is 69.5 Å². The molecule has 1 aromatic carbocycles. The number of aliphatic carboxylic acids is 1. The number of pyridine rings is 1. The number of β-amino-alcohol motifs (C(OH)–C–C–N with tert-alkyl or cyclic N) is 1. The number of aliphatic hydroxyl groups excluding tert-OH is 1. The Morgan fingerprint density at radius 2 is 1.77 bits per heavy atom. The van der Waals surface area contributed by atoms with Crippen LogP contribution in [0.4, 0.5) is 17.6 Å². The third kappa shape index (κ3) is 6.72. The van der Waals surface area contributed by atoms with Crippen LogP contribution >= 0.6 is 0 Å². The minimum atomic E-state index is -4.25. The molecule has 0 bridgehead atoms. The first-order valence-electron chi connectivity index (χ1n) is 13.1. The predicted octanol–water partition coefficient (Wildman–Crippen LogP) is 4.23. The van der Waals surface area contributed by atoms with Gasteiger partial charge in [0.1, 0.15) is 11.9 Å². The molecule has 2 atom stereocenters. The molecular weight excluding hydrogens is 534 g/mol. The van der Waals surface area contributed by atoms with Crippen LogP contribution in [0.1, 0.15) is 43.5 Å². The smallest absolute Gasteiger partial charge is 0.395 e. The van der Waals surface area contributed by atoms with E-state index in [4.69, 9.17) is 4.74 Å². The maximum Gasteiger partial charge on any atom is 0.395 e. The Hall–Kier alpha value is -3.25. The Balaban J connectivity index is 1.30. The molecule has 1 amide bonds. The number of aliphatic hydroxyl groups is 1. The number of carbonyl (C=O) groups excluding carboxylic acids is 1. The molecule has 2 saturated heterocycles. The number of benzene rings is 1. The zero-order chi connectivity index (χ0) is 29.2. The van der Waals surface area contributed by atoms with E-state index in [0.717, 1.165) is 17.7 Å². The maximum atomic E-state index is 14.9. The minimum Gasteiger partial charge on any atom is -0.480 e. The molecule has 2 unspecified atom stereocenters. The van der Waals surface area contributed by atoms with E-state index in [2.05, 4.69) is 4.98 Å². The van der Waals surface area contributed by atoms with Gasteiger partial charge in [-0.25, -0.2) is 14.2 Å². The third-order valence-corrected chi connectivity index (χ3v) is 7.65. The van der Waals surface area contributed by atoms with Crippen LogP contribution in [0.25, 0.3) is 11.1 Å². The summed E-state index contributed by atoms with van der Waals surface area (Å²) in [6, 6.07) is 6.09. The van der Waals surface area contributed by atoms with Crippen molar-refractivity contribution in [3.8, 4) is 17.0 Å². The fourth-order valence-corrected chi connectivity index (χ4v) is 5.09. The number of halogens is 4. The SMILES string of the molecule is CC(C)(CN1CCC(COc2ccc(-c3ccc(C(=O)N4CC(O)CC4C(=O)O)c(F)c3)cn2)CC1)C(F)(F)F. The standard InChI is InChI=1S/C28H33F4N3O5/c1-27(2,28(30,31)32)16-34-9-7-17(8-10-34)15-40-24-6-4-19(13-33-24)18-3-5-21(22(29)11-18)25(37)35-14-20(36)12-23(35)26(38)39/h3-6,11,13,17,20,23,36H,7-10,12,14-16H2,1-2H3,(H,38,39). The van der Waals surface area contributed by atoms with E-state index in [0.29, 0.717) is 36.7 Å². The van der Waals surface area contributed by atoms with Gasteiger partial charge in [-0.15, -0.1) is 0 Å². The Morgan fingerprint density at radius 1 is 1.10 bits per heavy atom. The maximum absolute atomic E-state index is 14.9. The molecule has 8 nitrogen and oxygen atoms in total. The van der Waals surface area contributed by atoms with Gasteiger partial charge in [0, 0.05) is 37.3 Å². The predicted molar refractivity (Wildman–Crippen MR) is 137 cm³/mol. The number of ether oxygens (including phenoxy) is 1. The highest BCUT2D eigenvalue weighted by Crippen LogP contribution is 2.38. The molecule has 3 heterocycles. The van der Waals surface area contributed by atoms with Crippen LogP contribution in [0.2, 0.25) is 0 Å². The molecule has 40 heavy (non-hydrogen) atoms. The van der Waals surface area contributed by atoms with Crippen LogP contribution < -0.4 is 4.74 Å². The fraction of sp³-hybridized carbons (Fsp3) is 0.536. The summed E-state index contributed by atoms with van der Waals surface area (Å²) in [5, 5.41) is 19.1. The second-order valence-corrected chi connectivity index (χ2v) is 11.2. The molecule has 0 aliphatic carbocycles. The lowest BCUT2D eigenvalue weighted by molar-refractivity contribution is -0.217. The van der Waals surface area contributed by atoms with Crippen LogP contribution in [0.3, 0.4) is 0 Å². The van der Waals surface area contributed by atoms with E-state index in [1.165, 1.54) is 38.2 Å². The number of alkyl halides is 3. The van der Waals surface area contributed by atoms with E-state index in [1.807, 2.05) is 4.90 Å². The highest BCUT2D eigenvalue weighted by atomic mass is 19.4. The summed E-state index contributed by atoms with van der Waals surface area (Å²) in [5.74, 6) is -2.32. The first-order chi connectivity index (χ1) is 18.7. The molecule has 2 fully saturated rings. The van der Waals surface area contributed by atoms with E-state index in [1.54, 1.807) is 12.1 Å². The van der Waals surface area contributed by atoms with Gasteiger partial charge in [0.05, 0.1) is 23.7 Å². The average molecular weight is 568 g/mol. The summed E-state index contributed by atoms with van der Waals surface area (Å²) in [5.41, 5.74) is -1.02. The van der Waals surface area contributed by atoms with Gasteiger partial charge in [-0.3, -0.25) is 4.79 Å². The summed E-state index contributed by atoms with van der Waals surface area (Å²) in [4.78, 5) is 31.3. The van der Waals surface area contributed by atoms with Crippen molar-refractivity contribution in [2.24, 2.45) is 11.3 Å². The van der Waals surface area contributed by atoms with Gasteiger partial charge >= 0.3 is 12.1 Å². The number of carboxylic acid groups (broad SMARTS) is 1. The van der Waals surface area contributed by atoms with Gasteiger partial charge in [-0.2, -0.15) is 13.2 Å². The largest absolute Gasteiger partial charge is 0.480 e. The van der Waals surface area contributed by atoms with Crippen molar-refractivity contribution in [2.45, 2.75) is 51.4 Å². The zero-order valence-electron chi connectivity index (χ0n) is 22.3. The van der Waals surface area contributed by atoms with E-state index >= 15 is 0 Å². The summed E-state index contributed by atoms with van der Waals surface area (Å²) in [6.07, 6.45) is -2.40. The van der Waals surface area contributed by atoms with E-state index in [-0.39, 0.29) is 31.0 Å². The molecule has 1 aromatic heterocycles. The number of hydrogen-bond acceptors (Lipinski definition) is 6. The van der Waals surface area contributed by atoms with Crippen LogP contribution in [0.15, 0.2) is 36.5 Å².